The van der Waals surface area contributed by atoms with Crippen molar-refractivity contribution >= 4 is 17.6 Å². The van der Waals surface area contributed by atoms with Crippen LogP contribution in [0, 0.1) is 17.6 Å². The monoisotopic (exact) mass is 240 g/mol. The van der Waals surface area contributed by atoms with Crippen LogP contribution in [0.5, 0.6) is 0 Å². The number of hydrogen-bond acceptors (Lipinski definition) is 2. The number of amides is 3. The lowest BCUT2D eigenvalue weighted by molar-refractivity contribution is -0.121. The molecule has 1 saturated heterocycles. The van der Waals surface area contributed by atoms with Crippen molar-refractivity contribution in [1.82, 2.24) is 5.32 Å². The maximum absolute atomic E-state index is 13.5. The Morgan fingerprint density at radius 3 is 2.71 bits per heavy atom. The van der Waals surface area contributed by atoms with Gasteiger partial charge in [-0.15, -0.1) is 0 Å². The van der Waals surface area contributed by atoms with E-state index in [9.17, 15) is 18.4 Å². The molecule has 0 saturated carbocycles. The van der Waals surface area contributed by atoms with Crippen LogP contribution in [0.1, 0.15) is 6.92 Å². The van der Waals surface area contributed by atoms with Crippen LogP contribution in [0.15, 0.2) is 18.2 Å². The van der Waals surface area contributed by atoms with Crippen LogP contribution in [-0.4, -0.2) is 18.5 Å². The summed E-state index contributed by atoms with van der Waals surface area (Å²) in [7, 11) is 0. The van der Waals surface area contributed by atoms with Gasteiger partial charge in [0, 0.05) is 12.6 Å². The van der Waals surface area contributed by atoms with Gasteiger partial charge in [0.05, 0.1) is 11.6 Å². The number of nitrogens with one attached hydrogen (secondary N) is 1. The quantitative estimate of drug-likeness (QED) is 0.811. The zero-order chi connectivity index (χ0) is 12.6. The number of nitrogens with zero attached hydrogens (tertiary/aromatic N) is 1. The van der Waals surface area contributed by atoms with Crippen LogP contribution in [0.25, 0.3) is 0 Å². The number of carbonyl (C=O) groups is 2. The van der Waals surface area contributed by atoms with Gasteiger partial charge in [-0.25, -0.2) is 18.5 Å². The lowest BCUT2D eigenvalue weighted by Crippen LogP contribution is -2.54. The van der Waals surface area contributed by atoms with E-state index in [2.05, 4.69) is 5.32 Å². The van der Waals surface area contributed by atoms with Gasteiger partial charge in [-0.3, -0.25) is 4.79 Å². The van der Waals surface area contributed by atoms with Crippen molar-refractivity contribution in [3.05, 3.63) is 29.8 Å². The molecule has 90 valence electrons. The normalized spacial score (nSPS) is 20.4. The summed E-state index contributed by atoms with van der Waals surface area (Å²) < 4.78 is 26.2. The number of halogens is 2. The highest BCUT2D eigenvalue weighted by Crippen LogP contribution is 2.23. The molecule has 1 fully saturated rings. The fraction of sp³-hybridized carbons (Fsp3) is 0.273. The van der Waals surface area contributed by atoms with Crippen molar-refractivity contribution in [3.63, 3.8) is 0 Å². The average molecular weight is 240 g/mol. The molecule has 1 N–H and O–H groups in total. The number of hydrogen-bond donors (Lipinski definition) is 1. The highest BCUT2D eigenvalue weighted by atomic mass is 19.1. The Bertz CT molecular complexity index is 490. The first kappa shape index (κ1) is 11.5. The molecule has 0 spiro atoms. The molecule has 4 nitrogen and oxygen atoms in total. The van der Waals surface area contributed by atoms with Gasteiger partial charge in [0.1, 0.15) is 11.6 Å². The number of anilines is 1. The van der Waals surface area contributed by atoms with E-state index in [1.807, 2.05) is 0 Å². The van der Waals surface area contributed by atoms with Crippen LogP contribution in [0.2, 0.25) is 0 Å². The van der Waals surface area contributed by atoms with Crippen molar-refractivity contribution in [3.8, 4) is 0 Å². The minimum Gasteiger partial charge on any atom is -0.337 e. The van der Waals surface area contributed by atoms with E-state index in [-0.39, 0.29) is 12.2 Å². The molecule has 1 atom stereocenters. The summed E-state index contributed by atoms with van der Waals surface area (Å²) >= 11 is 0. The van der Waals surface area contributed by atoms with E-state index >= 15 is 0 Å². The van der Waals surface area contributed by atoms with Crippen molar-refractivity contribution in [2.24, 2.45) is 5.92 Å². The predicted octanol–water partition coefficient (Wildman–Crippen LogP) is 1.66. The third-order valence-corrected chi connectivity index (χ3v) is 2.56. The third kappa shape index (κ3) is 1.98. The van der Waals surface area contributed by atoms with Crippen molar-refractivity contribution < 1.29 is 18.4 Å². The summed E-state index contributed by atoms with van der Waals surface area (Å²) in [5.41, 5.74) is -0.236. The van der Waals surface area contributed by atoms with Gasteiger partial charge >= 0.3 is 6.03 Å². The molecule has 1 heterocycles. The molecule has 1 aromatic rings. The Hall–Kier alpha value is -1.98. The number of carbonyl (C=O) groups excluding carboxylic acids is 2. The number of rotatable bonds is 1. The standard InChI is InChI=1S/C11H10F2N2O2/c1-6-5-14-11(17)15(10(6)16)9-3-2-7(12)4-8(9)13/h2-4,6H,5H2,1H3,(H,14,17). The van der Waals surface area contributed by atoms with Crippen molar-refractivity contribution in [2.75, 3.05) is 11.4 Å². The molecule has 2 rings (SSSR count). The predicted molar refractivity (Wildman–Crippen MR) is 56.4 cm³/mol. The Morgan fingerprint density at radius 1 is 1.35 bits per heavy atom. The third-order valence-electron chi connectivity index (χ3n) is 2.56. The highest BCUT2D eigenvalue weighted by Gasteiger charge is 2.34. The molecule has 0 radical (unpaired) electrons. The summed E-state index contributed by atoms with van der Waals surface area (Å²) in [6, 6.07) is 2.01. The Labute approximate surface area is 96.2 Å². The largest absolute Gasteiger partial charge is 0.337 e. The van der Waals surface area contributed by atoms with Gasteiger partial charge in [-0.2, -0.15) is 0 Å². The summed E-state index contributed by atoms with van der Waals surface area (Å²) in [6.45, 7) is 1.84. The first-order valence-corrected chi connectivity index (χ1v) is 5.07. The average Bonchev–Trinajstić information content (AvgIpc) is 2.27. The van der Waals surface area contributed by atoms with E-state index in [0.29, 0.717) is 11.0 Å². The number of urea groups is 1. The second kappa shape index (κ2) is 4.12. The molecule has 17 heavy (non-hydrogen) atoms. The first-order chi connectivity index (χ1) is 8.00. The van der Waals surface area contributed by atoms with E-state index in [1.54, 1.807) is 6.92 Å². The SMILES string of the molecule is CC1CNC(=O)N(c2ccc(F)cc2F)C1=O. The Balaban J connectivity index is 2.43. The molecule has 1 aliphatic rings. The van der Waals surface area contributed by atoms with Gasteiger partial charge < -0.3 is 5.32 Å². The first-order valence-electron chi connectivity index (χ1n) is 5.07. The maximum atomic E-state index is 13.5. The molecular weight excluding hydrogens is 230 g/mol. The summed E-state index contributed by atoms with van der Waals surface area (Å²) in [4.78, 5) is 24.0. The van der Waals surface area contributed by atoms with Gasteiger partial charge in [0.2, 0.25) is 5.91 Å². The molecular formula is C11H10F2N2O2. The van der Waals surface area contributed by atoms with E-state index < -0.39 is 29.5 Å². The molecule has 6 heteroatoms. The molecule has 3 amide bonds. The summed E-state index contributed by atoms with van der Waals surface area (Å²) in [5, 5.41) is 2.46. The zero-order valence-electron chi connectivity index (χ0n) is 9.04. The second-order valence-corrected chi connectivity index (χ2v) is 3.86. The number of benzene rings is 1. The lowest BCUT2D eigenvalue weighted by atomic mass is 10.1. The fourth-order valence-electron chi connectivity index (χ4n) is 1.62. The van der Waals surface area contributed by atoms with Crippen LogP contribution in [0.4, 0.5) is 19.3 Å². The topological polar surface area (TPSA) is 49.4 Å². The van der Waals surface area contributed by atoms with Gasteiger partial charge in [-0.05, 0) is 12.1 Å². The molecule has 0 bridgehead atoms. The smallest absolute Gasteiger partial charge is 0.328 e. The lowest BCUT2D eigenvalue weighted by Gasteiger charge is -2.29. The van der Waals surface area contributed by atoms with Gasteiger partial charge in [0.25, 0.3) is 0 Å². The second-order valence-electron chi connectivity index (χ2n) is 3.86. The number of imide groups is 1. The van der Waals surface area contributed by atoms with Crippen LogP contribution < -0.4 is 10.2 Å². The molecule has 1 aliphatic heterocycles. The van der Waals surface area contributed by atoms with E-state index in [4.69, 9.17) is 0 Å². The van der Waals surface area contributed by atoms with Crippen LogP contribution >= 0.6 is 0 Å². The highest BCUT2D eigenvalue weighted by molar-refractivity contribution is 6.16. The summed E-state index contributed by atoms with van der Waals surface area (Å²) in [5.74, 6) is -2.64. The van der Waals surface area contributed by atoms with Crippen LogP contribution in [0.3, 0.4) is 0 Å². The van der Waals surface area contributed by atoms with Crippen LogP contribution in [-0.2, 0) is 4.79 Å². The van der Waals surface area contributed by atoms with Gasteiger partial charge in [-0.1, -0.05) is 6.92 Å². The van der Waals surface area contributed by atoms with Gasteiger partial charge in [0.15, 0.2) is 0 Å². The minimum absolute atomic E-state index is 0.219. The Morgan fingerprint density at radius 2 is 2.06 bits per heavy atom. The molecule has 0 aliphatic carbocycles. The molecule has 0 aromatic heterocycles. The minimum atomic E-state index is -0.942. The maximum Gasteiger partial charge on any atom is 0.328 e. The van der Waals surface area contributed by atoms with Crippen molar-refractivity contribution in [1.29, 1.82) is 0 Å². The fourth-order valence-corrected chi connectivity index (χ4v) is 1.62. The van der Waals surface area contributed by atoms with Crippen molar-refractivity contribution in [2.45, 2.75) is 6.92 Å². The summed E-state index contributed by atoms with van der Waals surface area (Å²) in [6.07, 6.45) is 0. The van der Waals surface area contributed by atoms with E-state index in [0.717, 1.165) is 12.1 Å². The van der Waals surface area contributed by atoms with E-state index in [1.165, 1.54) is 0 Å². The molecule has 1 unspecified atom stereocenters. The Kier molecular flexibility index (Phi) is 2.79. The zero-order valence-corrected chi connectivity index (χ0v) is 9.04. The molecule has 1 aromatic carbocycles.